The van der Waals surface area contributed by atoms with Gasteiger partial charge in [-0.3, -0.25) is 0 Å². The van der Waals surface area contributed by atoms with Crippen molar-refractivity contribution in [3.05, 3.63) is 36.4 Å². The van der Waals surface area contributed by atoms with Crippen molar-refractivity contribution in [1.29, 1.82) is 0 Å². The van der Waals surface area contributed by atoms with Crippen molar-refractivity contribution in [1.82, 2.24) is 5.32 Å². The molecule has 122 valence electrons. The van der Waals surface area contributed by atoms with Crippen LogP contribution in [-0.4, -0.2) is 32.0 Å². The van der Waals surface area contributed by atoms with Gasteiger partial charge in [-0.15, -0.1) is 6.58 Å². The summed E-state index contributed by atoms with van der Waals surface area (Å²) in [5, 5.41) is 2.64. The number of methoxy groups -OCH3 is 1. The number of rotatable bonds is 7. The van der Waals surface area contributed by atoms with E-state index in [0.29, 0.717) is 24.7 Å². The molecule has 1 N–H and O–H groups in total. The molecule has 0 bridgehead atoms. The fourth-order valence-corrected chi connectivity index (χ4v) is 1.75. The van der Waals surface area contributed by atoms with E-state index in [0.717, 1.165) is 12.0 Å². The maximum Gasteiger partial charge on any atom is 0.407 e. The van der Waals surface area contributed by atoms with Gasteiger partial charge in [-0.1, -0.05) is 12.1 Å². The zero-order valence-corrected chi connectivity index (χ0v) is 13.8. The van der Waals surface area contributed by atoms with Crippen molar-refractivity contribution in [2.45, 2.75) is 32.8 Å². The lowest BCUT2D eigenvalue weighted by atomic mass is 10.1. The molecule has 1 aromatic carbocycles. The molecular weight excluding hydrogens is 282 g/mol. The SMILES string of the molecule is C=CCc1ccc(OCCNC(=O)OC(C)(C)C)c(OC)c1. The third kappa shape index (κ3) is 6.52. The highest BCUT2D eigenvalue weighted by Gasteiger charge is 2.15. The highest BCUT2D eigenvalue weighted by atomic mass is 16.6. The molecule has 0 radical (unpaired) electrons. The Morgan fingerprint density at radius 2 is 2.05 bits per heavy atom. The fraction of sp³-hybridized carbons (Fsp3) is 0.471. The maximum atomic E-state index is 11.5. The molecule has 0 atom stereocenters. The van der Waals surface area contributed by atoms with Crippen LogP contribution in [0.2, 0.25) is 0 Å². The molecule has 0 aliphatic heterocycles. The molecule has 0 heterocycles. The molecule has 0 aliphatic carbocycles. The topological polar surface area (TPSA) is 56.8 Å². The number of hydrogen-bond donors (Lipinski definition) is 1. The number of ether oxygens (including phenoxy) is 3. The van der Waals surface area contributed by atoms with Crippen molar-refractivity contribution >= 4 is 6.09 Å². The lowest BCUT2D eigenvalue weighted by Crippen LogP contribution is -2.34. The second kappa shape index (κ2) is 8.32. The largest absolute Gasteiger partial charge is 0.493 e. The van der Waals surface area contributed by atoms with Crippen LogP contribution < -0.4 is 14.8 Å². The molecule has 0 saturated heterocycles. The number of amides is 1. The van der Waals surface area contributed by atoms with Gasteiger partial charge in [0.1, 0.15) is 12.2 Å². The molecule has 0 aliphatic rings. The summed E-state index contributed by atoms with van der Waals surface area (Å²) in [4.78, 5) is 11.5. The van der Waals surface area contributed by atoms with Crippen molar-refractivity contribution in [3.63, 3.8) is 0 Å². The highest BCUT2D eigenvalue weighted by Crippen LogP contribution is 2.28. The Bertz CT molecular complexity index is 506. The first kappa shape index (κ1) is 17.9. The normalized spacial score (nSPS) is 10.7. The quantitative estimate of drug-likeness (QED) is 0.620. The van der Waals surface area contributed by atoms with Gasteiger partial charge in [0.15, 0.2) is 11.5 Å². The second-order valence-electron chi connectivity index (χ2n) is 5.76. The van der Waals surface area contributed by atoms with Crippen molar-refractivity contribution in [2.24, 2.45) is 0 Å². The van der Waals surface area contributed by atoms with Gasteiger partial charge in [-0.2, -0.15) is 0 Å². The first-order valence-corrected chi connectivity index (χ1v) is 7.23. The number of nitrogens with one attached hydrogen (secondary N) is 1. The summed E-state index contributed by atoms with van der Waals surface area (Å²) in [6, 6.07) is 5.73. The summed E-state index contributed by atoms with van der Waals surface area (Å²) < 4.78 is 16.1. The zero-order chi connectivity index (χ0) is 16.6. The third-order valence-corrected chi connectivity index (χ3v) is 2.64. The van der Waals surface area contributed by atoms with Crippen LogP contribution >= 0.6 is 0 Å². The number of carbonyl (C=O) groups excluding carboxylic acids is 1. The van der Waals surface area contributed by atoms with Crippen LogP contribution in [0.15, 0.2) is 30.9 Å². The Balaban J connectivity index is 2.44. The molecule has 0 spiro atoms. The second-order valence-corrected chi connectivity index (χ2v) is 5.76. The third-order valence-electron chi connectivity index (χ3n) is 2.64. The minimum Gasteiger partial charge on any atom is -0.493 e. The minimum atomic E-state index is -0.505. The van der Waals surface area contributed by atoms with Gasteiger partial charge in [-0.25, -0.2) is 4.79 Å². The molecule has 22 heavy (non-hydrogen) atoms. The van der Waals surface area contributed by atoms with E-state index in [4.69, 9.17) is 14.2 Å². The summed E-state index contributed by atoms with van der Waals surface area (Å²) in [7, 11) is 1.60. The average molecular weight is 307 g/mol. The van der Waals surface area contributed by atoms with Crippen LogP contribution in [-0.2, 0) is 11.2 Å². The smallest absolute Gasteiger partial charge is 0.407 e. The van der Waals surface area contributed by atoms with Crippen molar-refractivity contribution in [2.75, 3.05) is 20.3 Å². The van der Waals surface area contributed by atoms with Gasteiger partial charge in [0.25, 0.3) is 0 Å². The van der Waals surface area contributed by atoms with E-state index in [1.807, 2.05) is 45.0 Å². The molecule has 5 nitrogen and oxygen atoms in total. The average Bonchev–Trinajstić information content (AvgIpc) is 2.43. The summed E-state index contributed by atoms with van der Waals surface area (Å²) in [5.41, 5.74) is 0.598. The van der Waals surface area contributed by atoms with Crippen molar-refractivity contribution in [3.8, 4) is 11.5 Å². The maximum absolute atomic E-state index is 11.5. The Kier molecular flexibility index (Phi) is 6.76. The number of alkyl carbamates (subject to hydrolysis) is 1. The number of hydrogen-bond acceptors (Lipinski definition) is 4. The van der Waals surface area contributed by atoms with E-state index in [9.17, 15) is 4.79 Å². The van der Waals surface area contributed by atoms with Crippen LogP contribution in [0.4, 0.5) is 4.79 Å². The summed E-state index contributed by atoms with van der Waals surface area (Å²) in [5.74, 6) is 1.30. The number of benzene rings is 1. The Morgan fingerprint density at radius 3 is 2.64 bits per heavy atom. The van der Waals surface area contributed by atoms with Gasteiger partial charge in [-0.05, 0) is 44.9 Å². The standard InChI is InChI=1S/C17H25NO4/c1-6-7-13-8-9-14(15(12-13)20-5)21-11-10-18-16(19)22-17(2,3)4/h6,8-9,12H,1,7,10-11H2,2-5H3,(H,18,19). The fourth-order valence-electron chi connectivity index (χ4n) is 1.75. The number of carbonyl (C=O) groups is 1. The van der Waals surface area contributed by atoms with Crippen LogP contribution in [0.3, 0.4) is 0 Å². The molecule has 0 fully saturated rings. The lowest BCUT2D eigenvalue weighted by molar-refractivity contribution is 0.0520. The van der Waals surface area contributed by atoms with Crippen LogP contribution in [0.25, 0.3) is 0 Å². The van der Waals surface area contributed by atoms with E-state index in [1.54, 1.807) is 7.11 Å². The monoisotopic (exact) mass is 307 g/mol. The molecular formula is C17H25NO4. The Labute approximate surface area is 132 Å². The van der Waals surface area contributed by atoms with Crippen LogP contribution in [0, 0.1) is 0 Å². The molecule has 1 amide bonds. The Morgan fingerprint density at radius 1 is 1.32 bits per heavy atom. The molecule has 1 rings (SSSR count). The predicted octanol–water partition coefficient (Wildman–Crippen LogP) is 3.33. The zero-order valence-electron chi connectivity index (χ0n) is 13.8. The van der Waals surface area contributed by atoms with Gasteiger partial charge in [0, 0.05) is 0 Å². The van der Waals surface area contributed by atoms with Gasteiger partial charge in [0.2, 0.25) is 0 Å². The minimum absolute atomic E-state index is 0.330. The number of allylic oxidation sites excluding steroid dienone is 1. The molecule has 0 aromatic heterocycles. The van der Waals surface area contributed by atoms with Gasteiger partial charge < -0.3 is 19.5 Å². The van der Waals surface area contributed by atoms with E-state index >= 15 is 0 Å². The summed E-state index contributed by atoms with van der Waals surface area (Å²) in [6.07, 6.45) is 2.15. The highest BCUT2D eigenvalue weighted by molar-refractivity contribution is 5.67. The Hall–Kier alpha value is -2.17. The van der Waals surface area contributed by atoms with Crippen LogP contribution in [0.1, 0.15) is 26.3 Å². The van der Waals surface area contributed by atoms with Gasteiger partial charge in [0.05, 0.1) is 13.7 Å². The van der Waals surface area contributed by atoms with Gasteiger partial charge >= 0.3 is 6.09 Å². The van der Waals surface area contributed by atoms with E-state index in [-0.39, 0.29) is 0 Å². The first-order valence-electron chi connectivity index (χ1n) is 7.23. The lowest BCUT2D eigenvalue weighted by Gasteiger charge is -2.19. The van der Waals surface area contributed by atoms with E-state index < -0.39 is 11.7 Å². The molecule has 5 heteroatoms. The van der Waals surface area contributed by atoms with E-state index in [2.05, 4.69) is 11.9 Å². The predicted molar refractivity (Wildman–Crippen MR) is 86.6 cm³/mol. The summed E-state index contributed by atoms with van der Waals surface area (Å²) in [6.45, 7) is 9.85. The van der Waals surface area contributed by atoms with E-state index in [1.165, 1.54) is 0 Å². The van der Waals surface area contributed by atoms with Crippen molar-refractivity contribution < 1.29 is 19.0 Å². The molecule has 0 saturated carbocycles. The van der Waals surface area contributed by atoms with Crippen LogP contribution in [0.5, 0.6) is 11.5 Å². The summed E-state index contributed by atoms with van der Waals surface area (Å²) >= 11 is 0. The first-order chi connectivity index (χ1) is 10.4. The molecule has 0 unspecified atom stereocenters. The molecule has 1 aromatic rings.